The Morgan fingerprint density at radius 1 is 1.07 bits per heavy atom. The number of hydrogen-bond acceptors (Lipinski definition) is 4. The number of rotatable bonds is 3. The lowest BCUT2D eigenvalue weighted by Gasteiger charge is -2.31. The van der Waals surface area contributed by atoms with E-state index < -0.39 is 0 Å². The normalized spacial score (nSPS) is 18.1. The SMILES string of the molecule is O=C(c1ccc(N2CCCC2=O)cc1)N1CCC(c2cc(=O)[nH]cn2)CC1. The first-order valence-corrected chi connectivity index (χ1v) is 9.36. The zero-order valence-electron chi connectivity index (χ0n) is 15.1. The molecule has 0 saturated carbocycles. The summed E-state index contributed by atoms with van der Waals surface area (Å²) in [6.45, 7) is 2.03. The minimum absolute atomic E-state index is 0.00613. The van der Waals surface area contributed by atoms with Crippen molar-refractivity contribution in [3.8, 4) is 0 Å². The number of amides is 2. The maximum atomic E-state index is 12.8. The number of anilines is 1. The first-order chi connectivity index (χ1) is 13.1. The van der Waals surface area contributed by atoms with E-state index in [9.17, 15) is 14.4 Å². The molecule has 1 aromatic carbocycles. The molecule has 2 aliphatic rings. The molecule has 2 saturated heterocycles. The molecular weight excluding hydrogens is 344 g/mol. The largest absolute Gasteiger partial charge is 0.339 e. The van der Waals surface area contributed by atoms with Gasteiger partial charge in [0.15, 0.2) is 0 Å². The van der Waals surface area contributed by atoms with Gasteiger partial charge in [-0.25, -0.2) is 4.98 Å². The van der Waals surface area contributed by atoms with E-state index in [0.717, 1.165) is 37.2 Å². The molecule has 0 radical (unpaired) electrons. The molecule has 27 heavy (non-hydrogen) atoms. The van der Waals surface area contributed by atoms with E-state index in [-0.39, 0.29) is 23.3 Å². The monoisotopic (exact) mass is 366 g/mol. The second-order valence-corrected chi connectivity index (χ2v) is 7.10. The van der Waals surface area contributed by atoms with Crippen LogP contribution in [0.25, 0.3) is 0 Å². The molecule has 2 amide bonds. The predicted octanol–water partition coefficient (Wildman–Crippen LogP) is 1.92. The highest BCUT2D eigenvalue weighted by Crippen LogP contribution is 2.27. The Hall–Kier alpha value is -2.96. The standard InChI is InChI=1S/C20H22N4O3/c25-18-12-17(21-13-22-18)14-7-10-23(11-8-14)20(27)15-3-5-16(6-4-15)24-9-1-2-19(24)26/h3-6,12-14H,1-2,7-11H2,(H,21,22,25). The van der Waals surface area contributed by atoms with E-state index in [2.05, 4.69) is 9.97 Å². The fourth-order valence-electron chi connectivity index (χ4n) is 3.87. The minimum Gasteiger partial charge on any atom is -0.339 e. The van der Waals surface area contributed by atoms with Gasteiger partial charge < -0.3 is 14.8 Å². The summed E-state index contributed by atoms with van der Waals surface area (Å²) in [5.41, 5.74) is 2.15. The number of piperidine rings is 1. The van der Waals surface area contributed by atoms with Gasteiger partial charge in [-0.05, 0) is 43.5 Å². The van der Waals surface area contributed by atoms with Crippen molar-refractivity contribution in [2.45, 2.75) is 31.6 Å². The van der Waals surface area contributed by atoms with Crippen molar-refractivity contribution in [3.63, 3.8) is 0 Å². The van der Waals surface area contributed by atoms with Crippen molar-refractivity contribution in [1.29, 1.82) is 0 Å². The molecule has 7 nitrogen and oxygen atoms in total. The molecule has 2 aromatic rings. The summed E-state index contributed by atoms with van der Waals surface area (Å²) in [7, 11) is 0. The van der Waals surface area contributed by atoms with Gasteiger partial charge in [-0.15, -0.1) is 0 Å². The summed E-state index contributed by atoms with van der Waals surface area (Å²) in [6.07, 6.45) is 4.50. The summed E-state index contributed by atoms with van der Waals surface area (Å²) in [4.78, 5) is 46.5. The highest BCUT2D eigenvalue weighted by molar-refractivity contribution is 5.97. The van der Waals surface area contributed by atoms with Crippen LogP contribution < -0.4 is 10.5 Å². The summed E-state index contributed by atoms with van der Waals surface area (Å²) >= 11 is 0. The minimum atomic E-state index is -0.143. The maximum Gasteiger partial charge on any atom is 0.253 e. The molecule has 1 N–H and O–H groups in total. The lowest BCUT2D eigenvalue weighted by atomic mass is 9.93. The Balaban J connectivity index is 1.39. The number of carbonyl (C=O) groups is 2. The van der Waals surface area contributed by atoms with Crippen molar-refractivity contribution in [2.75, 3.05) is 24.5 Å². The number of likely N-dealkylation sites (tertiary alicyclic amines) is 1. The Morgan fingerprint density at radius 3 is 2.44 bits per heavy atom. The van der Waals surface area contributed by atoms with Gasteiger partial charge in [-0.1, -0.05) is 0 Å². The first-order valence-electron chi connectivity index (χ1n) is 9.36. The molecule has 0 aliphatic carbocycles. The molecule has 0 spiro atoms. The van der Waals surface area contributed by atoms with Crippen LogP contribution in [0, 0.1) is 0 Å². The first kappa shape index (κ1) is 17.5. The molecule has 0 bridgehead atoms. The van der Waals surface area contributed by atoms with Crippen molar-refractivity contribution < 1.29 is 9.59 Å². The molecule has 0 unspecified atom stereocenters. The number of nitrogens with zero attached hydrogens (tertiary/aromatic N) is 3. The molecule has 2 aliphatic heterocycles. The molecule has 3 heterocycles. The average molecular weight is 366 g/mol. The fraction of sp³-hybridized carbons (Fsp3) is 0.400. The highest BCUT2D eigenvalue weighted by Gasteiger charge is 2.26. The average Bonchev–Trinajstić information content (AvgIpc) is 3.14. The summed E-state index contributed by atoms with van der Waals surface area (Å²) in [5.74, 6) is 0.357. The smallest absolute Gasteiger partial charge is 0.253 e. The zero-order valence-corrected chi connectivity index (χ0v) is 15.1. The van der Waals surface area contributed by atoms with Crippen LogP contribution in [0.15, 0.2) is 41.5 Å². The van der Waals surface area contributed by atoms with Crippen LogP contribution in [-0.4, -0.2) is 46.3 Å². The van der Waals surface area contributed by atoms with Gasteiger partial charge in [-0.3, -0.25) is 14.4 Å². The second kappa shape index (κ2) is 7.34. The topological polar surface area (TPSA) is 86.4 Å². The third-order valence-corrected chi connectivity index (χ3v) is 5.40. The van der Waals surface area contributed by atoms with Crippen LogP contribution in [0.3, 0.4) is 0 Å². The van der Waals surface area contributed by atoms with Crippen molar-refractivity contribution in [2.24, 2.45) is 0 Å². The third kappa shape index (κ3) is 3.63. The number of benzene rings is 1. The van der Waals surface area contributed by atoms with Crippen LogP contribution in [0.5, 0.6) is 0 Å². The van der Waals surface area contributed by atoms with E-state index in [1.807, 2.05) is 17.0 Å². The van der Waals surface area contributed by atoms with Gasteiger partial charge >= 0.3 is 0 Å². The van der Waals surface area contributed by atoms with E-state index in [1.54, 1.807) is 23.1 Å². The van der Waals surface area contributed by atoms with Gasteiger partial charge in [0.05, 0.1) is 12.0 Å². The molecular formula is C20H22N4O3. The number of H-pyrrole nitrogens is 1. The summed E-state index contributed by atoms with van der Waals surface area (Å²) in [6, 6.07) is 8.84. The van der Waals surface area contributed by atoms with Crippen LogP contribution in [0.1, 0.15) is 47.7 Å². The maximum absolute atomic E-state index is 12.8. The van der Waals surface area contributed by atoms with Crippen LogP contribution in [0.2, 0.25) is 0 Å². The number of nitrogens with one attached hydrogen (secondary N) is 1. The van der Waals surface area contributed by atoms with Crippen LogP contribution >= 0.6 is 0 Å². The van der Waals surface area contributed by atoms with E-state index in [4.69, 9.17) is 0 Å². The van der Waals surface area contributed by atoms with Gasteiger partial charge in [0, 0.05) is 49.3 Å². The molecule has 7 heteroatoms. The van der Waals surface area contributed by atoms with Gasteiger partial charge in [0.25, 0.3) is 11.5 Å². The van der Waals surface area contributed by atoms with Crippen molar-refractivity contribution in [3.05, 3.63) is 58.3 Å². The Kier molecular flexibility index (Phi) is 4.75. The quantitative estimate of drug-likeness (QED) is 0.899. The molecule has 1 aromatic heterocycles. The van der Waals surface area contributed by atoms with Crippen LogP contribution in [0.4, 0.5) is 5.69 Å². The Bertz CT molecular complexity index is 898. The molecule has 0 atom stereocenters. The fourth-order valence-corrected chi connectivity index (χ4v) is 3.87. The predicted molar refractivity (Wildman–Crippen MR) is 101 cm³/mol. The summed E-state index contributed by atoms with van der Waals surface area (Å²) in [5, 5.41) is 0. The van der Waals surface area contributed by atoms with Crippen LogP contribution in [-0.2, 0) is 4.79 Å². The lowest BCUT2D eigenvalue weighted by molar-refractivity contribution is -0.117. The zero-order chi connectivity index (χ0) is 18.8. The van der Waals surface area contributed by atoms with Crippen molar-refractivity contribution >= 4 is 17.5 Å². The van der Waals surface area contributed by atoms with E-state index in [1.165, 1.54) is 6.33 Å². The molecule has 4 rings (SSSR count). The third-order valence-electron chi connectivity index (χ3n) is 5.40. The number of hydrogen-bond donors (Lipinski definition) is 1. The second-order valence-electron chi connectivity index (χ2n) is 7.10. The Morgan fingerprint density at radius 2 is 1.81 bits per heavy atom. The molecule has 140 valence electrons. The number of aromatic amines is 1. The van der Waals surface area contributed by atoms with Gasteiger partial charge in [0.2, 0.25) is 5.91 Å². The number of carbonyl (C=O) groups excluding carboxylic acids is 2. The highest BCUT2D eigenvalue weighted by atomic mass is 16.2. The van der Waals surface area contributed by atoms with E-state index >= 15 is 0 Å². The van der Waals surface area contributed by atoms with Crippen molar-refractivity contribution in [1.82, 2.24) is 14.9 Å². The Labute approximate surface area is 157 Å². The van der Waals surface area contributed by atoms with E-state index in [0.29, 0.717) is 25.1 Å². The number of aromatic nitrogens is 2. The molecule has 2 fully saturated rings. The summed E-state index contributed by atoms with van der Waals surface area (Å²) < 4.78 is 0. The van der Waals surface area contributed by atoms with Gasteiger partial charge in [0.1, 0.15) is 0 Å². The lowest BCUT2D eigenvalue weighted by Crippen LogP contribution is -2.38. The van der Waals surface area contributed by atoms with Gasteiger partial charge in [-0.2, -0.15) is 0 Å².